The van der Waals surface area contributed by atoms with Gasteiger partial charge in [0.05, 0.1) is 24.0 Å². The van der Waals surface area contributed by atoms with Crippen LogP contribution < -0.4 is 14.4 Å². The molecule has 2 aromatic carbocycles. The number of nitrogens with zero attached hydrogens (tertiary/aromatic N) is 1. The topological polar surface area (TPSA) is 75.7 Å². The summed E-state index contributed by atoms with van der Waals surface area (Å²) in [5, 5.41) is 2.95. The molecule has 2 atom stereocenters. The molecule has 6 nitrogen and oxygen atoms in total. The Hall–Kier alpha value is -2.54. The van der Waals surface area contributed by atoms with E-state index in [1.807, 2.05) is 39.0 Å². The van der Waals surface area contributed by atoms with Crippen LogP contribution in [0, 0.1) is 13.8 Å². The minimum atomic E-state index is -3.52. The van der Waals surface area contributed by atoms with E-state index in [9.17, 15) is 13.2 Å². The quantitative estimate of drug-likeness (QED) is 0.834. The summed E-state index contributed by atoms with van der Waals surface area (Å²) in [6.45, 7) is 7.52. The summed E-state index contributed by atoms with van der Waals surface area (Å²) in [6.07, 6.45) is -0.912. The maximum Gasteiger partial charge on any atom is 0.263 e. The van der Waals surface area contributed by atoms with Crippen molar-refractivity contribution in [2.75, 3.05) is 16.6 Å². The molecule has 1 aliphatic heterocycles. The molecule has 3 rings (SSSR count). The second-order valence-corrected chi connectivity index (χ2v) is 9.26. The fourth-order valence-corrected chi connectivity index (χ4v) is 4.31. The molecule has 0 bridgehead atoms. The molecule has 1 aliphatic rings. The molecule has 2 aromatic rings. The lowest BCUT2D eigenvalue weighted by Crippen LogP contribution is -2.51. The Morgan fingerprint density at radius 1 is 1.21 bits per heavy atom. The van der Waals surface area contributed by atoms with E-state index in [1.54, 1.807) is 31.2 Å². The van der Waals surface area contributed by atoms with Crippen molar-refractivity contribution in [3.63, 3.8) is 0 Å². The number of amides is 1. The molecule has 150 valence electrons. The zero-order chi connectivity index (χ0) is 20.5. The average molecular weight is 403 g/mol. The molecular weight excluding hydrogens is 376 g/mol. The van der Waals surface area contributed by atoms with Crippen molar-refractivity contribution in [3.8, 4) is 5.75 Å². The minimum absolute atomic E-state index is 0.0430. The largest absolute Gasteiger partial charge is 0.476 e. The number of anilines is 1. The number of para-hydroxylation sites is 2. The SMILES string of the molecule is CCS(=O)(=O)N1CC(C(=O)NC(C)c2ccc(C)c(C)c2)Oc2ccccc21. The summed E-state index contributed by atoms with van der Waals surface area (Å²) in [5.74, 6) is 0.00985. The molecular formula is C21H26N2O4S. The third-order valence-corrected chi connectivity index (χ3v) is 6.86. The maximum atomic E-state index is 12.8. The number of carbonyl (C=O) groups is 1. The van der Waals surface area contributed by atoms with Gasteiger partial charge >= 0.3 is 0 Å². The zero-order valence-electron chi connectivity index (χ0n) is 16.6. The third-order valence-electron chi connectivity index (χ3n) is 5.12. The van der Waals surface area contributed by atoms with E-state index in [4.69, 9.17) is 4.74 Å². The lowest BCUT2D eigenvalue weighted by atomic mass is 10.0. The Kier molecular flexibility index (Phi) is 5.65. The van der Waals surface area contributed by atoms with Crippen LogP contribution in [0.5, 0.6) is 5.75 Å². The van der Waals surface area contributed by atoms with Gasteiger partial charge in [-0.1, -0.05) is 30.3 Å². The lowest BCUT2D eigenvalue weighted by molar-refractivity contribution is -0.128. The first-order valence-corrected chi connectivity index (χ1v) is 11.0. The fourth-order valence-electron chi connectivity index (χ4n) is 3.18. The Balaban J connectivity index is 1.81. The van der Waals surface area contributed by atoms with Gasteiger partial charge < -0.3 is 10.1 Å². The Morgan fingerprint density at radius 3 is 2.61 bits per heavy atom. The van der Waals surface area contributed by atoms with Gasteiger partial charge in [-0.15, -0.1) is 0 Å². The van der Waals surface area contributed by atoms with Crippen LogP contribution in [-0.4, -0.2) is 32.7 Å². The van der Waals surface area contributed by atoms with E-state index in [1.165, 1.54) is 9.87 Å². The highest BCUT2D eigenvalue weighted by molar-refractivity contribution is 7.92. The van der Waals surface area contributed by atoms with E-state index in [0.717, 1.165) is 11.1 Å². The number of hydrogen-bond donors (Lipinski definition) is 1. The van der Waals surface area contributed by atoms with E-state index in [0.29, 0.717) is 11.4 Å². The normalized spacial score (nSPS) is 17.4. The first-order valence-electron chi connectivity index (χ1n) is 9.36. The van der Waals surface area contributed by atoms with Crippen LogP contribution in [0.1, 0.15) is 36.6 Å². The lowest BCUT2D eigenvalue weighted by Gasteiger charge is -2.35. The number of hydrogen-bond acceptors (Lipinski definition) is 4. The predicted octanol–water partition coefficient (Wildman–Crippen LogP) is 3.10. The van der Waals surface area contributed by atoms with E-state index >= 15 is 0 Å². The Bertz CT molecular complexity index is 988. The molecule has 0 aromatic heterocycles. The standard InChI is InChI=1S/C21H26N2O4S/c1-5-28(25,26)23-13-20(27-19-9-7-6-8-18(19)23)21(24)22-16(4)17-11-10-14(2)15(3)12-17/h6-12,16,20H,5,13H2,1-4H3,(H,22,24). The fraction of sp³-hybridized carbons (Fsp3) is 0.381. The molecule has 28 heavy (non-hydrogen) atoms. The van der Waals surface area contributed by atoms with E-state index in [2.05, 4.69) is 5.32 Å². The van der Waals surface area contributed by atoms with Crippen molar-refractivity contribution in [1.82, 2.24) is 5.32 Å². The molecule has 0 saturated carbocycles. The van der Waals surface area contributed by atoms with Crippen LogP contribution in [0.3, 0.4) is 0 Å². The number of sulfonamides is 1. The highest BCUT2D eigenvalue weighted by Gasteiger charge is 2.36. The third kappa shape index (κ3) is 3.99. The number of fused-ring (bicyclic) bond motifs is 1. The average Bonchev–Trinajstić information content (AvgIpc) is 2.68. The zero-order valence-corrected chi connectivity index (χ0v) is 17.4. The highest BCUT2D eigenvalue weighted by Crippen LogP contribution is 2.35. The second-order valence-electron chi connectivity index (χ2n) is 7.08. The van der Waals surface area contributed by atoms with Crippen molar-refractivity contribution < 1.29 is 17.9 Å². The smallest absolute Gasteiger partial charge is 0.263 e. The van der Waals surface area contributed by atoms with Crippen molar-refractivity contribution in [3.05, 3.63) is 59.2 Å². The van der Waals surface area contributed by atoms with Gasteiger partial charge in [0, 0.05) is 0 Å². The number of aryl methyl sites for hydroxylation is 2. The summed E-state index contributed by atoms with van der Waals surface area (Å²) in [6, 6.07) is 12.7. The molecule has 1 N–H and O–H groups in total. The summed E-state index contributed by atoms with van der Waals surface area (Å²) in [7, 11) is -3.52. The van der Waals surface area contributed by atoms with Gasteiger partial charge in [-0.05, 0) is 56.5 Å². The number of benzene rings is 2. The van der Waals surface area contributed by atoms with E-state index < -0.39 is 16.1 Å². The molecule has 0 saturated heterocycles. The van der Waals surface area contributed by atoms with Crippen LogP contribution in [0.4, 0.5) is 5.69 Å². The summed E-state index contributed by atoms with van der Waals surface area (Å²) in [4.78, 5) is 12.8. The van der Waals surface area contributed by atoms with Crippen LogP contribution in [0.15, 0.2) is 42.5 Å². The number of ether oxygens (including phenoxy) is 1. The van der Waals surface area contributed by atoms with Gasteiger partial charge in [0.15, 0.2) is 6.10 Å². The van der Waals surface area contributed by atoms with Crippen LogP contribution in [0.25, 0.3) is 0 Å². The molecule has 2 unspecified atom stereocenters. The minimum Gasteiger partial charge on any atom is -0.476 e. The second kappa shape index (κ2) is 7.83. The molecule has 0 fully saturated rings. The molecule has 0 radical (unpaired) electrons. The molecule has 0 spiro atoms. The Morgan fingerprint density at radius 2 is 1.93 bits per heavy atom. The number of nitrogens with one attached hydrogen (secondary N) is 1. The number of carbonyl (C=O) groups excluding carboxylic acids is 1. The van der Waals surface area contributed by atoms with Gasteiger partial charge in [0.1, 0.15) is 5.75 Å². The van der Waals surface area contributed by atoms with Crippen LogP contribution in [0.2, 0.25) is 0 Å². The predicted molar refractivity (Wildman–Crippen MR) is 110 cm³/mol. The van der Waals surface area contributed by atoms with Gasteiger partial charge in [-0.2, -0.15) is 0 Å². The van der Waals surface area contributed by atoms with Crippen molar-refractivity contribution in [1.29, 1.82) is 0 Å². The van der Waals surface area contributed by atoms with Crippen LogP contribution in [-0.2, 0) is 14.8 Å². The highest BCUT2D eigenvalue weighted by atomic mass is 32.2. The molecule has 1 amide bonds. The summed E-state index contributed by atoms with van der Waals surface area (Å²) >= 11 is 0. The van der Waals surface area contributed by atoms with Crippen molar-refractivity contribution in [2.45, 2.75) is 39.8 Å². The van der Waals surface area contributed by atoms with E-state index in [-0.39, 0.29) is 24.2 Å². The van der Waals surface area contributed by atoms with Gasteiger partial charge in [-0.25, -0.2) is 8.42 Å². The maximum absolute atomic E-state index is 12.8. The summed E-state index contributed by atoms with van der Waals surface area (Å²) < 4.78 is 32.2. The monoisotopic (exact) mass is 402 g/mol. The summed E-state index contributed by atoms with van der Waals surface area (Å²) in [5.41, 5.74) is 3.80. The Labute approximate surface area is 166 Å². The molecule has 1 heterocycles. The van der Waals surface area contributed by atoms with Crippen molar-refractivity contribution in [2.24, 2.45) is 0 Å². The van der Waals surface area contributed by atoms with Gasteiger partial charge in [0.25, 0.3) is 5.91 Å². The van der Waals surface area contributed by atoms with Crippen LogP contribution >= 0.6 is 0 Å². The number of rotatable bonds is 5. The first kappa shape index (κ1) is 20.2. The van der Waals surface area contributed by atoms with Gasteiger partial charge in [-0.3, -0.25) is 9.10 Å². The van der Waals surface area contributed by atoms with Crippen molar-refractivity contribution >= 4 is 21.6 Å². The first-order chi connectivity index (χ1) is 13.2. The molecule has 0 aliphatic carbocycles. The van der Waals surface area contributed by atoms with Gasteiger partial charge in [0.2, 0.25) is 10.0 Å². The molecule has 7 heteroatoms.